The number of hydrogen-bond acceptors (Lipinski definition) is 2. The van der Waals surface area contributed by atoms with Crippen LogP contribution >= 0.6 is 11.3 Å². The highest BCUT2D eigenvalue weighted by atomic mass is 32.1. The van der Waals surface area contributed by atoms with Crippen molar-refractivity contribution in [2.24, 2.45) is 5.92 Å². The molecule has 1 aliphatic rings. The molecule has 0 N–H and O–H groups in total. The minimum atomic E-state index is 0.507. The van der Waals surface area contributed by atoms with Crippen molar-refractivity contribution in [1.82, 2.24) is 9.55 Å². The Balaban J connectivity index is 0.000000704. The van der Waals surface area contributed by atoms with Gasteiger partial charge in [0.2, 0.25) is 0 Å². The molecule has 1 aliphatic carbocycles. The predicted octanol–water partition coefficient (Wildman–Crippen LogP) is 5.45. The summed E-state index contributed by atoms with van der Waals surface area (Å²) in [5.41, 5.74) is 1.43. The molecule has 3 rings (SSSR count). The molecule has 110 valence electrons. The van der Waals surface area contributed by atoms with Gasteiger partial charge in [-0.25, -0.2) is 4.98 Å². The molecule has 1 fully saturated rings. The lowest BCUT2D eigenvalue weighted by Crippen LogP contribution is -2.21. The average Bonchev–Trinajstić information content (AvgIpc) is 3.16. The van der Waals surface area contributed by atoms with E-state index in [-0.39, 0.29) is 0 Å². The lowest BCUT2D eigenvalue weighted by atomic mass is 9.82. The van der Waals surface area contributed by atoms with Crippen LogP contribution in [0.25, 0.3) is 0 Å². The monoisotopic (exact) mass is 290 g/mol. The Morgan fingerprint density at radius 2 is 2.00 bits per heavy atom. The zero-order chi connectivity index (χ0) is 14.4. The number of aryl methyl sites for hydroxylation is 1. The second kappa shape index (κ2) is 7.63. The molecule has 1 atom stereocenters. The van der Waals surface area contributed by atoms with E-state index in [4.69, 9.17) is 0 Å². The maximum absolute atomic E-state index is 4.25. The van der Waals surface area contributed by atoms with Crippen molar-refractivity contribution >= 4 is 11.3 Å². The first-order chi connectivity index (χ1) is 9.86. The van der Waals surface area contributed by atoms with E-state index in [1.165, 1.54) is 42.5 Å². The van der Waals surface area contributed by atoms with Crippen LogP contribution in [0.4, 0.5) is 0 Å². The zero-order valence-electron chi connectivity index (χ0n) is 12.9. The van der Waals surface area contributed by atoms with Crippen LogP contribution in [0.5, 0.6) is 0 Å². The van der Waals surface area contributed by atoms with Gasteiger partial charge in [-0.3, -0.25) is 0 Å². The molecular formula is C17H26N2S. The van der Waals surface area contributed by atoms with Crippen molar-refractivity contribution < 1.29 is 0 Å². The van der Waals surface area contributed by atoms with Crippen LogP contribution in [-0.4, -0.2) is 9.55 Å². The Labute approximate surface area is 126 Å². The van der Waals surface area contributed by atoms with Gasteiger partial charge in [-0.1, -0.05) is 33.1 Å². The first kappa shape index (κ1) is 15.3. The Kier molecular flexibility index (Phi) is 5.84. The number of aromatic nitrogens is 2. The van der Waals surface area contributed by atoms with Gasteiger partial charge in [0.25, 0.3) is 0 Å². The van der Waals surface area contributed by atoms with E-state index in [2.05, 4.69) is 34.1 Å². The highest BCUT2D eigenvalue weighted by molar-refractivity contribution is 7.10. The van der Waals surface area contributed by atoms with Crippen molar-refractivity contribution in [3.8, 4) is 0 Å². The average molecular weight is 290 g/mol. The van der Waals surface area contributed by atoms with E-state index in [1.54, 1.807) is 0 Å². The molecule has 0 bridgehead atoms. The molecule has 0 aliphatic heterocycles. The fourth-order valence-corrected chi connectivity index (χ4v) is 4.29. The quantitative estimate of drug-likeness (QED) is 0.735. The molecule has 2 aromatic rings. The van der Waals surface area contributed by atoms with Gasteiger partial charge in [-0.05, 0) is 42.7 Å². The fourth-order valence-electron chi connectivity index (χ4n) is 3.16. The Hall–Kier alpha value is -1.09. The summed E-state index contributed by atoms with van der Waals surface area (Å²) in [7, 11) is 0. The Morgan fingerprint density at radius 1 is 1.25 bits per heavy atom. The minimum absolute atomic E-state index is 0.507. The highest BCUT2D eigenvalue weighted by Gasteiger charge is 2.28. The van der Waals surface area contributed by atoms with Crippen molar-refractivity contribution in [2.45, 2.75) is 58.9 Å². The maximum Gasteiger partial charge on any atom is 0.0952 e. The highest BCUT2D eigenvalue weighted by Crippen LogP contribution is 2.40. The van der Waals surface area contributed by atoms with E-state index >= 15 is 0 Å². The molecule has 20 heavy (non-hydrogen) atoms. The summed E-state index contributed by atoms with van der Waals surface area (Å²) in [4.78, 5) is 5.77. The molecule has 0 aromatic carbocycles. The standard InChI is InChI=1S/C15H20N2S.C2H6/c1-12-7-10-18-15(12)14(17-9-8-16-11-17)13-5-3-2-4-6-13;1-2/h7-11,13-14H,2-6H2,1H3;1-2H3. The molecule has 2 heterocycles. The smallest absolute Gasteiger partial charge is 0.0952 e. The molecule has 0 radical (unpaired) electrons. The molecule has 2 aromatic heterocycles. The summed E-state index contributed by atoms with van der Waals surface area (Å²) in [6.45, 7) is 6.23. The summed E-state index contributed by atoms with van der Waals surface area (Å²) >= 11 is 1.90. The van der Waals surface area contributed by atoms with E-state index in [0.29, 0.717) is 6.04 Å². The third-order valence-electron chi connectivity index (χ3n) is 4.11. The van der Waals surface area contributed by atoms with E-state index in [1.807, 2.05) is 37.7 Å². The van der Waals surface area contributed by atoms with Crippen LogP contribution in [0.15, 0.2) is 30.2 Å². The topological polar surface area (TPSA) is 17.8 Å². The van der Waals surface area contributed by atoms with Crippen molar-refractivity contribution in [3.05, 3.63) is 40.6 Å². The SMILES string of the molecule is CC.Cc1ccsc1C(C1CCCCC1)n1ccnc1. The van der Waals surface area contributed by atoms with Gasteiger partial charge in [0.15, 0.2) is 0 Å². The third-order valence-corrected chi connectivity index (χ3v) is 5.20. The second-order valence-corrected chi connectivity index (χ2v) is 6.27. The van der Waals surface area contributed by atoms with Crippen LogP contribution in [0.2, 0.25) is 0 Å². The minimum Gasteiger partial charge on any atom is -0.329 e. The van der Waals surface area contributed by atoms with Gasteiger partial charge in [0, 0.05) is 17.3 Å². The summed E-state index contributed by atoms with van der Waals surface area (Å²) < 4.78 is 2.31. The molecular weight excluding hydrogens is 264 g/mol. The van der Waals surface area contributed by atoms with Gasteiger partial charge >= 0.3 is 0 Å². The lowest BCUT2D eigenvalue weighted by molar-refractivity contribution is 0.281. The zero-order valence-corrected chi connectivity index (χ0v) is 13.7. The largest absolute Gasteiger partial charge is 0.329 e. The molecule has 0 spiro atoms. The van der Waals surface area contributed by atoms with Gasteiger partial charge < -0.3 is 4.57 Å². The number of thiophene rings is 1. The summed E-state index contributed by atoms with van der Waals surface area (Å²) in [6.07, 6.45) is 12.9. The first-order valence-corrected chi connectivity index (χ1v) is 8.75. The van der Waals surface area contributed by atoms with Gasteiger partial charge in [-0.15, -0.1) is 11.3 Å². The maximum atomic E-state index is 4.25. The predicted molar refractivity (Wildman–Crippen MR) is 87.3 cm³/mol. The van der Waals surface area contributed by atoms with Crippen LogP contribution < -0.4 is 0 Å². The molecule has 0 amide bonds. The normalized spacial score (nSPS) is 17.4. The summed E-state index contributed by atoms with van der Waals surface area (Å²) in [5.74, 6) is 0.783. The molecule has 2 nitrogen and oxygen atoms in total. The Bertz CT molecular complexity index is 481. The molecule has 1 saturated carbocycles. The van der Waals surface area contributed by atoms with Crippen molar-refractivity contribution in [2.75, 3.05) is 0 Å². The fraction of sp³-hybridized carbons (Fsp3) is 0.588. The molecule has 3 heteroatoms. The first-order valence-electron chi connectivity index (χ1n) is 7.87. The number of imidazole rings is 1. The van der Waals surface area contributed by atoms with Crippen LogP contribution in [0.3, 0.4) is 0 Å². The van der Waals surface area contributed by atoms with Gasteiger partial charge in [-0.2, -0.15) is 0 Å². The van der Waals surface area contributed by atoms with E-state index in [0.717, 1.165) is 5.92 Å². The van der Waals surface area contributed by atoms with E-state index < -0.39 is 0 Å². The number of hydrogen-bond donors (Lipinski definition) is 0. The van der Waals surface area contributed by atoms with Crippen molar-refractivity contribution in [1.29, 1.82) is 0 Å². The second-order valence-electron chi connectivity index (χ2n) is 5.32. The van der Waals surface area contributed by atoms with E-state index in [9.17, 15) is 0 Å². The Morgan fingerprint density at radius 3 is 2.55 bits per heavy atom. The van der Waals surface area contributed by atoms with Crippen LogP contribution in [0.1, 0.15) is 62.4 Å². The van der Waals surface area contributed by atoms with Crippen molar-refractivity contribution in [3.63, 3.8) is 0 Å². The molecule has 1 unspecified atom stereocenters. The lowest BCUT2D eigenvalue weighted by Gasteiger charge is -2.31. The van der Waals surface area contributed by atoms with Gasteiger partial charge in [0.05, 0.1) is 12.4 Å². The summed E-state index contributed by atoms with van der Waals surface area (Å²) in [6, 6.07) is 2.75. The third kappa shape index (κ3) is 3.32. The summed E-state index contributed by atoms with van der Waals surface area (Å²) in [5, 5.41) is 2.22. The molecule has 0 saturated heterocycles. The van der Waals surface area contributed by atoms with Crippen LogP contribution in [-0.2, 0) is 0 Å². The number of rotatable bonds is 3. The van der Waals surface area contributed by atoms with Crippen LogP contribution in [0, 0.1) is 12.8 Å². The van der Waals surface area contributed by atoms with Gasteiger partial charge in [0.1, 0.15) is 0 Å². The number of nitrogens with zero attached hydrogens (tertiary/aromatic N) is 2.